The van der Waals surface area contributed by atoms with E-state index in [1.807, 2.05) is 0 Å². The summed E-state index contributed by atoms with van der Waals surface area (Å²) in [5, 5.41) is 18.8. The van der Waals surface area contributed by atoms with E-state index in [0.29, 0.717) is 0 Å². The standard InChI is InChI=1S/C29H44O4S2/c1-28(2,20-30)14-7-5-10-24-16-22(32)18-26(34-24)12-9-13-27-19-23(33)17-25(35-27)11-6-8-15-29(3,4)21-31/h16-19,30-31H,5-15,20-21H2,1-4H3. The van der Waals surface area contributed by atoms with Crippen molar-refractivity contribution in [3.63, 3.8) is 0 Å². The first-order valence-corrected chi connectivity index (χ1v) is 14.6. The van der Waals surface area contributed by atoms with E-state index in [2.05, 4.69) is 27.7 Å². The molecule has 2 N–H and O–H groups in total. The maximum atomic E-state index is 12.2. The topological polar surface area (TPSA) is 74.6 Å². The molecule has 0 bridgehead atoms. The monoisotopic (exact) mass is 520 g/mol. The van der Waals surface area contributed by atoms with Crippen LogP contribution >= 0.6 is 22.7 Å². The minimum absolute atomic E-state index is 0.0337. The molecule has 35 heavy (non-hydrogen) atoms. The van der Waals surface area contributed by atoms with Gasteiger partial charge < -0.3 is 10.2 Å². The lowest BCUT2D eigenvalue weighted by atomic mass is 9.88. The molecule has 0 amide bonds. The van der Waals surface area contributed by atoms with Crippen molar-refractivity contribution in [2.45, 2.75) is 98.3 Å². The molecule has 0 fully saturated rings. The van der Waals surface area contributed by atoms with E-state index in [1.165, 1.54) is 0 Å². The number of aliphatic hydroxyl groups is 2. The molecule has 0 unspecified atom stereocenters. The van der Waals surface area contributed by atoms with Crippen LogP contribution in [0.2, 0.25) is 0 Å². The van der Waals surface area contributed by atoms with Gasteiger partial charge in [-0.1, -0.05) is 40.5 Å². The van der Waals surface area contributed by atoms with Crippen LogP contribution in [0.5, 0.6) is 0 Å². The molecule has 196 valence electrons. The van der Waals surface area contributed by atoms with Gasteiger partial charge in [-0.2, -0.15) is 0 Å². The third-order valence-electron chi connectivity index (χ3n) is 6.49. The summed E-state index contributed by atoms with van der Waals surface area (Å²) in [4.78, 5) is 28.9. The largest absolute Gasteiger partial charge is 0.396 e. The molecule has 0 saturated carbocycles. The van der Waals surface area contributed by atoms with Gasteiger partial charge in [0.05, 0.1) is 0 Å². The summed E-state index contributed by atoms with van der Waals surface area (Å²) >= 11 is 3.47. The molecule has 2 aromatic rings. The van der Waals surface area contributed by atoms with Gasteiger partial charge in [-0.05, 0) is 92.9 Å². The highest BCUT2D eigenvalue weighted by molar-refractivity contribution is 7.11. The van der Waals surface area contributed by atoms with Crippen molar-refractivity contribution in [2.24, 2.45) is 10.8 Å². The van der Waals surface area contributed by atoms with Crippen LogP contribution in [0.15, 0.2) is 33.9 Å². The predicted molar refractivity (Wildman–Crippen MR) is 150 cm³/mol. The van der Waals surface area contributed by atoms with Gasteiger partial charge >= 0.3 is 0 Å². The highest BCUT2D eigenvalue weighted by Crippen LogP contribution is 2.25. The number of aryl methyl sites for hydroxylation is 4. The number of aliphatic hydroxyl groups excluding tert-OH is 2. The second-order valence-electron chi connectivity index (χ2n) is 11.4. The summed E-state index contributed by atoms with van der Waals surface area (Å²) in [6, 6.07) is 7.05. The fourth-order valence-electron chi connectivity index (χ4n) is 4.07. The molecule has 2 rings (SSSR count). The van der Waals surface area contributed by atoms with Crippen LogP contribution in [0.3, 0.4) is 0 Å². The van der Waals surface area contributed by atoms with Crippen LogP contribution in [-0.2, 0) is 25.7 Å². The van der Waals surface area contributed by atoms with Crippen molar-refractivity contribution >= 4 is 22.7 Å². The summed E-state index contributed by atoms with van der Waals surface area (Å²) in [5.41, 5.74) is 0.100. The van der Waals surface area contributed by atoms with Gasteiger partial charge in [-0.25, -0.2) is 0 Å². The lowest BCUT2D eigenvalue weighted by Gasteiger charge is -2.20. The molecule has 2 heterocycles. The normalized spacial score (nSPS) is 12.3. The average Bonchev–Trinajstić information content (AvgIpc) is 2.79. The van der Waals surface area contributed by atoms with Crippen molar-refractivity contribution in [1.29, 1.82) is 0 Å². The molecule has 0 aliphatic rings. The van der Waals surface area contributed by atoms with Gasteiger partial charge in [0, 0.05) is 32.7 Å². The minimum atomic E-state index is -0.0337. The van der Waals surface area contributed by atoms with Gasteiger partial charge in [-0.15, -0.1) is 22.7 Å². The van der Waals surface area contributed by atoms with Gasteiger partial charge in [0.15, 0.2) is 10.9 Å². The number of hydrogen-bond donors (Lipinski definition) is 2. The Hall–Kier alpha value is -1.34. The smallest absolute Gasteiger partial charge is 0.180 e. The van der Waals surface area contributed by atoms with Gasteiger partial charge in [0.2, 0.25) is 0 Å². The number of unbranched alkanes of at least 4 members (excludes halogenated alkanes) is 2. The summed E-state index contributed by atoms with van der Waals surface area (Å²) < 4.78 is 0. The Balaban J connectivity index is 1.84. The molecule has 0 aromatic carbocycles. The summed E-state index contributed by atoms with van der Waals surface area (Å²) in [6.07, 6.45) is 10.6. The first-order chi connectivity index (χ1) is 16.5. The predicted octanol–water partition coefficient (Wildman–Crippen LogP) is 6.17. The fourth-order valence-corrected chi connectivity index (χ4v) is 6.43. The van der Waals surface area contributed by atoms with Crippen molar-refractivity contribution in [1.82, 2.24) is 0 Å². The Morgan fingerprint density at radius 3 is 1.20 bits per heavy atom. The summed E-state index contributed by atoms with van der Waals surface area (Å²) in [6.45, 7) is 8.74. The van der Waals surface area contributed by atoms with Crippen LogP contribution in [-0.4, -0.2) is 23.4 Å². The molecule has 0 radical (unpaired) electrons. The zero-order valence-corrected chi connectivity index (χ0v) is 23.7. The van der Waals surface area contributed by atoms with Crippen LogP contribution in [0, 0.1) is 10.8 Å². The fraction of sp³-hybridized carbons (Fsp3) is 0.655. The first kappa shape index (κ1) is 29.9. The van der Waals surface area contributed by atoms with E-state index in [0.717, 1.165) is 90.1 Å². The van der Waals surface area contributed by atoms with Gasteiger partial charge in [0.25, 0.3) is 0 Å². The molecule has 0 aliphatic heterocycles. The molecule has 4 nitrogen and oxygen atoms in total. The minimum Gasteiger partial charge on any atom is -0.396 e. The Morgan fingerprint density at radius 1 is 0.571 bits per heavy atom. The SMILES string of the molecule is CC(C)(CO)CCCCc1cc(=O)cc(CCCc2cc(=O)cc(CCCCC(C)(C)CO)s2)s1. The van der Waals surface area contributed by atoms with E-state index < -0.39 is 0 Å². The molecule has 6 heteroatoms. The van der Waals surface area contributed by atoms with Crippen molar-refractivity contribution in [3.8, 4) is 0 Å². The number of rotatable bonds is 16. The molecular weight excluding hydrogens is 476 g/mol. The van der Waals surface area contributed by atoms with Crippen LogP contribution in [0.1, 0.15) is 92.1 Å². The van der Waals surface area contributed by atoms with Crippen molar-refractivity contribution in [3.05, 3.63) is 64.2 Å². The summed E-state index contributed by atoms with van der Waals surface area (Å²) in [7, 11) is 0. The van der Waals surface area contributed by atoms with E-state index in [-0.39, 0.29) is 34.9 Å². The maximum Gasteiger partial charge on any atom is 0.180 e. The molecule has 0 atom stereocenters. The first-order valence-electron chi connectivity index (χ1n) is 13.0. The second kappa shape index (κ2) is 14.4. The Bertz CT molecular complexity index is 938. The van der Waals surface area contributed by atoms with Crippen LogP contribution in [0.4, 0.5) is 0 Å². The van der Waals surface area contributed by atoms with E-state index in [1.54, 1.807) is 46.9 Å². The zero-order valence-electron chi connectivity index (χ0n) is 22.0. The van der Waals surface area contributed by atoms with E-state index in [4.69, 9.17) is 0 Å². The highest BCUT2D eigenvalue weighted by Gasteiger charge is 2.16. The third kappa shape index (κ3) is 12.0. The second-order valence-corrected chi connectivity index (χ2v) is 13.9. The lowest BCUT2D eigenvalue weighted by molar-refractivity contribution is 0.147. The zero-order chi connectivity index (χ0) is 25.9. The lowest BCUT2D eigenvalue weighted by Crippen LogP contribution is -2.16. The van der Waals surface area contributed by atoms with Gasteiger partial charge in [-0.3, -0.25) is 9.59 Å². The van der Waals surface area contributed by atoms with E-state index >= 15 is 0 Å². The Labute approximate surface area is 219 Å². The summed E-state index contributed by atoms with van der Waals surface area (Å²) in [5.74, 6) is 0. The molecule has 0 spiro atoms. The molecule has 2 aromatic heterocycles. The van der Waals surface area contributed by atoms with Crippen molar-refractivity contribution < 1.29 is 10.2 Å². The quantitative estimate of drug-likeness (QED) is 0.260. The Kier molecular flexibility index (Phi) is 12.3. The molecule has 0 saturated heterocycles. The maximum absolute atomic E-state index is 12.2. The van der Waals surface area contributed by atoms with E-state index in [9.17, 15) is 19.8 Å². The third-order valence-corrected chi connectivity index (χ3v) is 8.83. The van der Waals surface area contributed by atoms with Gasteiger partial charge in [0.1, 0.15) is 0 Å². The van der Waals surface area contributed by atoms with Crippen LogP contribution in [0.25, 0.3) is 0 Å². The molecular formula is C29H44O4S2. The Morgan fingerprint density at radius 2 is 0.886 bits per heavy atom. The molecule has 0 aliphatic carbocycles. The van der Waals surface area contributed by atoms with Crippen molar-refractivity contribution in [2.75, 3.05) is 13.2 Å². The average molecular weight is 521 g/mol. The van der Waals surface area contributed by atoms with Crippen LogP contribution < -0.4 is 10.9 Å². The number of hydrogen-bond acceptors (Lipinski definition) is 6. The highest BCUT2D eigenvalue weighted by atomic mass is 32.1.